The molecule has 0 saturated carbocycles. The number of fused-ring (bicyclic) bond motifs is 1. The molecule has 0 aliphatic heterocycles. The van der Waals surface area contributed by atoms with E-state index in [1.54, 1.807) is 0 Å². The molecule has 0 fully saturated rings. The molecule has 2 rings (SSSR count). The van der Waals surface area contributed by atoms with E-state index in [1.807, 2.05) is 25.1 Å². The lowest BCUT2D eigenvalue weighted by molar-refractivity contribution is 0.0431. The highest BCUT2D eigenvalue weighted by molar-refractivity contribution is 5.85. The van der Waals surface area contributed by atoms with Gasteiger partial charge in [0.15, 0.2) is 0 Å². The second-order valence-electron chi connectivity index (χ2n) is 4.16. The van der Waals surface area contributed by atoms with Crippen LogP contribution in [0.3, 0.4) is 0 Å². The molecule has 0 aliphatic rings. The SMILES string of the molecule is CCOCC(O)Cc1cccc2ccccc12. The monoisotopic (exact) mass is 230 g/mol. The first-order chi connectivity index (χ1) is 8.31. The summed E-state index contributed by atoms with van der Waals surface area (Å²) in [6.07, 6.45) is 0.210. The summed E-state index contributed by atoms with van der Waals surface area (Å²) in [6, 6.07) is 14.4. The fraction of sp³-hybridized carbons (Fsp3) is 0.333. The highest BCUT2D eigenvalue weighted by Gasteiger charge is 2.07. The van der Waals surface area contributed by atoms with Crippen LogP contribution in [0.15, 0.2) is 42.5 Å². The first-order valence-corrected chi connectivity index (χ1v) is 6.03. The molecule has 2 aromatic rings. The summed E-state index contributed by atoms with van der Waals surface area (Å²) in [5.41, 5.74) is 1.18. The summed E-state index contributed by atoms with van der Waals surface area (Å²) in [5.74, 6) is 0. The number of benzene rings is 2. The number of hydrogen-bond acceptors (Lipinski definition) is 2. The second kappa shape index (κ2) is 5.80. The number of aliphatic hydroxyl groups excluding tert-OH is 1. The molecule has 0 aromatic heterocycles. The van der Waals surface area contributed by atoms with Crippen molar-refractivity contribution in [3.05, 3.63) is 48.0 Å². The average Bonchev–Trinajstić information content (AvgIpc) is 2.37. The minimum atomic E-state index is -0.430. The summed E-state index contributed by atoms with van der Waals surface area (Å²) in [7, 11) is 0. The third-order valence-electron chi connectivity index (χ3n) is 2.85. The van der Waals surface area contributed by atoms with Crippen LogP contribution in [0.2, 0.25) is 0 Å². The largest absolute Gasteiger partial charge is 0.390 e. The third-order valence-corrected chi connectivity index (χ3v) is 2.85. The smallest absolute Gasteiger partial charge is 0.0814 e. The van der Waals surface area contributed by atoms with E-state index in [9.17, 15) is 5.11 Å². The van der Waals surface area contributed by atoms with E-state index in [4.69, 9.17) is 4.74 Å². The molecule has 0 spiro atoms. The summed E-state index contributed by atoms with van der Waals surface area (Å²) in [4.78, 5) is 0. The molecular formula is C15H18O2. The number of ether oxygens (including phenoxy) is 1. The number of aliphatic hydroxyl groups is 1. The molecule has 2 nitrogen and oxygen atoms in total. The fourth-order valence-electron chi connectivity index (χ4n) is 2.04. The Balaban J connectivity index is 2.18. The molecule has 2 heteroatoms. The van der Waals surface area contributed by atoms with Gasteiger partial charge >= 0.3 is 0 Å². The van der Waals surface area contributed by atoms with E-state index in [0.29, 0.717) is 19.6 Å². The molecule has 0 radical (unpaired) electrons. The topological polar surface area (TPSA) is 29.5 Å². The van der Waals surface area contributed by atoms with Crippen molar-refractivity contribution in [2.75, 3.05) is 13.2 Å². The van der Waals surface area contributed by atoms with E-state index >= 15 is 0 Å². The summed E-state index contributed by atoms with van der Waals surface area (Å²) >= 11 is 0. The van der Waals surface area contributed by atoms with E-state index in [-0.39, 0.29) is 0 Å². The van der Waals surface area contributed by atoms with Crippen LogP contribution in [-0.4, -0.2) is 24.4 Å². The molecule has 0 amide bonds. The van der Waals surface area contributed by atoms with Crippen LogP contribution in [0.1, 0.15) is 12.5 Å². The van der Waals surface area contributed by atoms with Gasteiger partial charge in [0.05, 0.1) is 12.7 Å². The minimum Gasteiger partial charge on any atom is -0.390 e. The van der Waals surface area contributed by atoms with Gasteiger partial charge in [0.25, 0.3) is 0 Å². The summed E-state index contributed by atoms with van der Waals surface area (Å²) in [5, 5.41) is 12.3. The lowest BCUT2D eigenvalue weighted by Crippen LogP contribution is -2.18. The predicted molar refractivity (Wildman–Crippen MR) is 70.2 cm³/mol. The average molecular weight is 230 g/mol. The van der Waals surface area contributed by atoms with Crippen LogP contribution < -0.4 is 0 Å². The molecule has 2 aromatic carbocycles. The molecule has 17 heavy (non-hydrogen) atoms. The molecule has 0 aliphatic carbocycles. The molecule has 0 heterocycles. The Morgan fingerprint density at radius 2 is 1.88 bits per heavy atom. The van der Waals surface area contributed by atoms with Gasteiger partial charge in [-0.25, -0.2) is 0 Å². The van der Waals surface area contributed by atoms with E-state index in [2.05, 4.69) is 24.3 Å². The van der Waals surface area contributed by atoms with Gasteiger partial charge in [-0.2, -0.15) is 0 Å². The lowest BCUT2D eigenvalue weighted by atomic mass is 10.0. The van der Waals surface area contributed by atoms with Gasteiger partial charge < -0.3 is 9.84 Å². The number of hydrogen-bond donors (Lipinski definition) is 1. The highest BCUT2D eigenvalue weighted by Crippen LogP contribution is 2.19. The maximum absolute atomic E-state index is 9.87. The van der Waals surface area contributed by atoms with Crippen molar-refractivity contribution in [1.82, 2.24) is 0 Å². The molecular weight excluding hydrogens is 212 g/mol. The van der Waals surface area contributed by atoms with Crippen LogP contribution in [0.25, 0.3) is 10.8 Å². The van der Waals surface area contributed by atoms with Crippen LogP contribution in [0.5, 0.6) is 0 Å². The van der Waals surface area contributed by atoms with Gasteiger partial charge in [0, 0.05) is 13.0 Å². The normalized spacial score (nSPS) is 12.8. The van der Waals surface area contributed by atoms with E-state index in [0.717, 1.165) is 0 Å². The Bertz CT molecular complexity index is 474. The van der Waals surface area contributed by atoms with Crippen molar-refractivity contribution >= 4 is 10.8 Å². The zero-order chi connectivity index (χ0) is 12.1. The Labute approximate surface area is 102 Å². The predicted octanol–water partition coefficient (Wildman–Crippen LogP) is 2.78. The first-order valence-electron chi connectivity index (χ1n) is 6.03. The van der Waals surface area contributed by atoms with Gasteiger partial charge in [-0.15, -0.1) is 0 Å². The Kier molecular flexibility index (Phi) is 4.13. The molecule has 1 N–H and O–H groups in total. The van der Waals surface area contributed by atoms with Crippen molar-refractivity contribution in [3.63, 3.8) is 0 Å². The second-order valence-corrected chi connectivity index (χ2v) is 4.16. The van der Waals surface area contributed by atoms with Crippen LogP contribution in [-0.2, 0) is 11.2 Å². The first kappa shape index (κ1) is 12.1. The Morgan fingerprint density at radius 3 is 2.71 bits per heavy atom. The zero-order valence-electron chi connectivity index (χ0n) is 10.1. The third kappa shape index (κ3) is 3.05. The molecule has 0 saturated heterocycles. The van der Waals surface area contributed by atoms with Gasteiger partial charge in [-0.1, -0.05) is 42.5 Å². The minimum absolute atomic E-state index is 0.403. The van der Waals surface area contributed by atoms with Gasteiger partial charge in [-0.05, 0) is 23.3 Å². The number of rotatable bonds is 5. The molecule has 0 bridgehead atoms. The van der Waals surface area contributed by atoms with Crippen molar-refractivity contribution in [1.29, 1.82) is 0 Å². The van der Waals surface area contributed by atoms with E-state index < -0.39 is 6.10 Å². The maximum Gasteiger partial charge on any atom is 0.0814 e. The summed E-state index contributed by atoms with van der Waals surface area (Å²) in [6.45, 7) is 2.98. The summed E-state index contributed by atoms with van der Waals surface area (Å²) < 4.78 is 5.23. The molecule has 90 valence electrons. The van der Waals surface area contributed by atoms with Crippen LogP contribution in [0.4, 0.5) is 0 Å². The zero-order valence-corrected chi connectivity index (χ0v) is 10.1. The Morgan fingerprint density at radius 1 is 1.12 bits per heavy atom. The van der Waals surface area contributed by atoms with Crippen molar-refractivity contribution in [2.45, 2.75) is 19.4 Å². The maximum atomic E-state index is 9.87. The van der Waals surface area contributed by atoms with Crippen molar-refractivity contribution in [3.8, 4) is 0 Å². The Hall–Kier alpha value is -1.38. The van der Waals surface area contributed by atoms with Gasteiger partial charge in [0.1, 0.15) is 0 Å². The van der Waals surface area contributed by atoms with Crippen molar-refractivity contribution in [2.24, 2.45) is 0 Å². The van der Waals surface area contributed by atoms with Crippen LogP contribution >= 0.6 is 0 Å². The highest BCUT2D eigenvalue weighted by atomic mass is 16.5. The van der Waals surface area contributed by atoms with Crippen molar-refractivity contribution < 1.29 is 9.84 Å². The quantitative estimate of drug-likeness (QED) is 0.855. The lowest BCUT2D eigenvalue weighted by Gasteiger charge is -2.12. The van der Waals surface area contributed by atoms with Gasteiger partial charge in [0.2, 0.25) is 0 Å². The molecule has 1 unspecified atom stereocenters. The molecule has 1 atom stereocenters. The fourth-order valence-corrected chi connectivity index (χ4v) is 2.04. The standard InChI is InChI=1S/C15H18O2/c1-2-17-11-14(16)10-13-8-5-7-12-6-3-4-9-15(12)13/h3-9,14,16H,2,10-11H2,1H3. The van der Waals surface area contributed by atoms with Crippen LogP contribution in [0, 0.1) is 0 Å². The van der Waals surface area contributed by atoms with Gasteiger partial charge in [-0.3, -0.25) is 0 Å². The van der Waals surface area contributed by atoms with E-state index in [1.165, 1.54) is 16.3 Å².